The van der Waals surface area contributed by atoms with E-state index in [1.54, 1.807) is 17.5 Å². The highest BCUT2D eigenvalue weighted by molar-refractivity contribution is 7.13. The van der Waals surface area contributed by atoms with Crippen molar-refractivity contribution in [3.63, 3.8) is 0 Å². The Morgan fingerprint density at radius 3 is 2.70 bits per heavy atom. The van der Waals surface area contributed by atoms with Crippen molar-refractivity contribution in [3.05, 3.63) is 41.2 Å². The average Bonchev–Trinajstić information content (AvgIpc) is 3.02. The number of amides is 1. The van der Waals surface area contributed by atoms with Crippen LogP contribution in [0.5, 0.6) is 0 Å². The van der Waals surface area contributed by atoms with Crippen LogP contribution < -0.4 is 5.32 Å². The van der Waals surface area contributed by atoms with Crippen LogP contribution in [0.25, 0.3) is 10.6 Å². The van der Waals surface area contributed by atoms with Crippen LogP contribution in [0.1, 0.15) is 37.2 Å². The van der Waals surface area contributed by atoms with Crippen molar-refractivity contribution in [1.82, 2.24) is 10.3 Å². The normalized spacial score (nSPS) is 11.5. The fourth-order valence-corrected chi connectivity index (χ4v) is 2.85. The van der Waals surface area contributed by atoms with Gasteiger partial charge in [-0.15, -0.1) is 11.3 Å². The van der Waals surface area contributed by atoms with Gasteiger partial charge < -0.3 is 10.4 Å². The van der Waals surface area contributed by atoms with Gasteiger partial charge in [0.15, 0.2) is 0 Å². The Kier molecular flexibility index (Phi) is 5.85. The van der Waals surface area contributed by atoms with Crippen LogP contribution in [0.2, 0.25) is 0 Å². The van der Waals surface area contributed by atoms with Crippen LogP contribution in [0.4, 0.5) is 4.39 Å². The van der Waals surface area contributed by atoms with Gasteiger partial charge in [-0.1, -0.05) is 13.8 Å². The van der Waals surface area contributed by atoms with E-state index in [2.05, 4.69) is 10.3 Å². The smallest absolute Gasteiger partial charge is 0.270 e. The summed E-state index contributed by atoms with van der Waals surface area (Å²) in [6.07, 6.45) is 1.63. The van der Waals surface area contributed by atoms with Gasteiger partial charge in [-0.2, -0.15) is 0 Å². The Labute approximate surface area is 139 Å². The number of benzene rings is 1. The number of aliphatic hydroxyl groups excluding tert-OH is 1. The summed E-state index contributed by atoms with van der Waals surface area (Å²) in [4.78, 5) is 16.4. The third-order valence-corrected chi connectivity index (χ3v) is 4.46. The molecule has 6 heteroatoms. The largest absolute Gasteiger partial charge is 0.396 e. The lowest BCUT2D eigenvalue weighted by molar-refractivity contribution is 0.0944. The maximum Gasteiger partial charge on any atom is 0.270 e. The molecular weight excluding hydrogens is 315 g/mol. The first-order valence-corrected chi connectivity index (χ1v) is 8.40. The van der Waals surface area contributed by atoms with Crippen molar-refractivity contribution in [2.45, 2.75) is 26.7 Å². The van der Waals surface area contributed by atoms with E-state index in [0.717, 1.165) is 18.4 Å². The molecule has 0 radical (unpaired) electrons. The highest BCUT2D eigenvalue weighted by Crippen LogP contribution is 2.24. The molecule has 2 rings (SSSR count). The van der Waals surface area contributed by atoms with Crippen molar-refractivity contribution in [1.29, 1.82) is 0 Å². The first kappa shape index (κ1) is 17.6. The Hall–Kier alpha value is -1.79. The number of carbonyl (C=O) groups is 1. The van der Waals surface area contributed by atoms with Crippen molar-refractivity contribution in [2.75, 3.05) is 13.2 Å². The van der Waals surface area contributed by atoms with E-state index >= 15 is 0 Å². The maximum atomic E-state index is 12.9. The third-order valence-electron chi connectivity index (χ3n) is 3.57. The van der Waals surface area contributed by atoms with Gasteiger partial charge in [0.25, 0.3) is 5.91 Å². The zero-order chi connectivity index (χ0) is 16.9. The number of rotatable bonds is 7. The molecule has 0 fully saturated rings. The van der Waals surface area contributed by atoms with Crippen LogP contribution in [0, 0.1) is 11.2 Å². The lowest BCUT2D eigenvalue weighted by Crippen LogP contribution is -2.26. The summed E-state index contributed by atoms with van der Waals surface area (Å²) in [7, 11) is 0. The van der Waals surface area contributed by atoms with E-state index in [0.29, 0.717) is 17.2 Å². The number of thiazole rings is 1. The van der Waals surface area contributed by atoms with Gasteiger partial charge in [-0.05, 0) is 42.5 Å². The fraction of sp³-hybridized carbons (Fsp3) is 0.412. The number of hydrogen-bond acceptors (Lipinski definition) is 4. The van der Waals surface area contributed by atoms with E-state index in [4.69, 9.17) is 0 Å². The van der Waals surface area contributed by atoms with E-state index < -0.39 is 0 Å². The summed E-state index contributed by atoms with van der Waals surface area (Å²) < 4.78 is 12.9. The quantitative estimate of drug-likeness (QED) is 0.761. The fourth-order valence-electron chi connectivity index (χ4n) is 2.04. The summed E-state index contributed by atoms with van der Waals surface area (Å²) in [5.41, 5.74) is 1.04. The second-order valence-corrected chi connectivity index (χ2v) is 7.08. The molecule has 2 aromatic rings. The lowest BCUT2D eigenvalue weighted by atomic mass is 9.89. The second-order valence-electron chi connectivity index (χ2n) is 6.23. The maximum absolute atomic E-state index is 12.9. The third kappa shape index (κ3) is 5.11. The van der Waals surface area contributed by atoms with Crippen LogP contribution in [0.3, 0.4) is 0 Å². The highest BCUT2D eigenvalue weighted by Gasteiger charge is 2.16. The number of nitrogens with one attached hydrogen (secondary N) is 1. The predicted octanol–water partition coefficient (Wildman–Crippen LogP) is 3.48. The zero-order valence-electron chi connectivity index (χ0n) is 13.3. The molecule has 0 unspecified atom stereocenters. The van der Waals surface area contributed by atoms with Crippen LogP contribution >= 0.6 is 11.3 Å². The summed E-state index contributed by atoms with van der Waals surface area (Å²) in [5.74, 6) is -0.509. The molecule has 0 aliphatic heterocycles. The van der Waals surface area contributed by atoms with Gasteiger partial charge >= 0.3 is 0 Å². The molecule has 1 aromatic carbocycles. The lowest BCUT2D eigenvalue weighted by Gasteiger charge is -2.21. The number of nitrogens with zero attached hydrogens (tertiary/aromatic N) is 1. The molecule has 124 valence electrons. The van der Waals surface area contributed by atoms with E-state index in [9.17, 15) is 14.3 Å². The predicted molar refractivity (Wildman–Crippen MR) is 89.9 cm³/mol. The molecule has 1 amide bonds. The number of carbonyl (C=O) groups excluding carboxylic acids is 1. The van der Waals surface area contributed by atoms with Crippen molar-refractivity contribution in [2.24, 2.45) is 5.41 Å². The number of hydrogen-bond donors (Lipinski definition) is 2. The zero-order valence-corrected chi connectivity index (χ0v) is 14.1. The monoisotopic (exact) mass is 336 g/mol. The summed E-state index contributed by atoms with van der Waals surface area (Å²) in [5, 5.41) is 14.4. The Bertz CT molecular complexity index is 653. The van der Waals surface area contributed by atoms with Crippen molar-refractivity contribution >= 4 is 17.2 Å². The van der Waals surface area contributed by atoms with Crippen molar-refractivity contribution < 1.29 is 14.3 Å². The summed E-state index contributed by atoms with van der Waals surface area (Å²) in [6, 6.07) is 6.04. The van der Waals surface area contributed by atoms with Gasteiger partial charge in [0.2, 0.25) is 0 Å². The van der Waals surface area contributed by atoms with E-state index in [1.165, 1.54) is 23.5 Å². The molecule has 0 atom stereocenters. The minimum absolute atomic E-state index is 0.124. The minimum atomic E-state index is -0.297. The molecule has 0 aliphatic carbocycles. The minimum Gasteiger partial charge on any atom is -0.396 e. The molecule has 23 heavy (non-hydrogen) atoms. The molecule has 0 aliphatic rings. The number of aliphatic hydroxyl groups is 1. The Balaban J connectivity index is 1.88. The molecule has 4 nitrogen and oxygen atoms in total. The van der Waals surface area contributed by atoms with Gasteiger partial charge in [0.1, 0.15) is 16.5 Å². The van der Waals surface area contributed by atoms with Gasteiger partial charge in [0, 0.05) is 24.1 Å². The molecule has 0 saturated carbocycles. The molecule has 0 saturated heterocycles. The van der Waals surface area contributed by atoms with Crippen molar-refractivity contribution in [3.8, 4) is 10.6 Å². The average molecular weight is 336 g/mol. The Morgan fingerprint density at radius 2 is 2.04 bits per heavy atom. The molecule has 1 aromatic heterocycles. The Morgan fingerprint density at radius 1 is 1.35 bits per heavy atom. The van der Waals surface area contributed by atoms with Crippen LogP contribution in [-0.4, -0.2) is 29.1 Å². The van der Waals surface area contributed by atoms with Gasteiger partial charge in [-0.25, -0.2) is 9.37 Å². The topological polar surface area (TPSA) is 62.2 Å². The molecule has 1 heterocycles. The molecule has 0 spiro atoms. The molecule has 2 N–H and O–H groups in total. The van der Waals surface area contributed by atoms with Crippen LogP contribution in [0.15, 0.2) is 29.6 Å². The van der Waals surface area contributed by atoms with Crippen LogP contribution in [-0.2, 0) is 0 Å². The first-order valence-electron chi connectivity index (χ1n) is 7.52. The summed E-state index contributed by atoms with van der Waals surface area (Å²) >= 11 is 1.36. The number of halogens is 1. The summed E-state index contributed by atoms with van der Waals surface area (Å²) in [6.45, 7) is 4.66. The SMILES string of the molecule is CC(C)(CO)CCCNC(=O)c1csc(-c2ccc(F)cc2)n1. The molecule has 0 bridgehead atoms. The van der Waals surface area contributed by atoms with E-state index in [1.807, 2.05) is 13.8 Å². The number of aromatic nitrogens is 1. The standard InChI is InChI=1S/C17H21FN2O2S/c1-17(2,11-21)8-3-9-19-15(22)14-10-23-16(20-14)12-4-6-13(18)7-5-12/h4-7,10,21H,3,8-9,11H2,1-2H3,(H,19,22). The van der Waals surface area contributed by atoms with E-state index in [-0.39, 0.29) is 23.7 Å². The van der Waals surface area contributed by atoms with Gasteiger partial charge in [0.05, 0.1) is 0 Å². The molecular formula is C17H21FN2O2S. The van der Waals surface area contributed by atoms with Gasteiger partial charge in [-0.3, -0.25) is 4.79 Å². The second kappa shape index (κ2) is 7.66. The highest BCUT2D eigenvalue weighted by atomic mass is 32.1. The first-order chi connectivity index (χ1) is 10.9.